The molecule has 1 spiro atoms. The second-order valence-corrected chi connectivity index (χ2v) is 9.39. The normalized spacial score (nSPS) is 23.1. The molecule has 3 N–H and O–H groups in total. The summed E-state index contributed by atoms with van der Waals surface area (Å²) in [6.45, 7) is 2.14. The fourth-order valence-corrected chi connectivity index (χ4v) is 5.12. The van der Waals surface area contributed by atoms with E-state index in [1.54, 1.807) is 24.3 Å². The summed E-state index contributed by atoms with van der Waals surface area (Å²) in [6, 6.07) is 14.0. The van der Waals surface area contributed by atoms with E-state index < -0.39 is 18.1 Å². The number of nitrogens with two attached hydrogens (primary N) is 1. The maximum absolute atomic E-state index is 12.4. The highest BCUT2D eigenvalue weighted by Crippen LogP contribution is 2.51. The summed E-state index contributed by atoms with van der Waals surface area (Å²) < 4.78 is 47.7. The van der Waals surface area contributed by atoms with Crippen molar-refractivity contribution in [3.05, 3.63) is 99.4 Å². The molecule has 184 valence electrons. The molecule has 0 amide bonds. The second kappa shape index (κ2) is 8.93. The third-order valence-electron chi connectivity index (χ3n) is 6.63. The van der Waals surface area contributed by atoms with Gasteiger partial charge in [-0.05, 0) is 53.8 Å². The Kier molecular flexibility index (Phi) is 6.07. The Labute approximate surface area is 205 Å². The lowest BCUT2D eigenvalue weighted by Crippen LogP contribution is -2.42. The Bertz CT molecular complexity index is 1210. The van der Waals surface area contributed by atoms with E-state index in [9.17, 15) is 18.3 Å². The van der Waals surface area contributed by atoms with E-state index in [0.717, 1.165) is 42.6 Å². The minimum Gasteiger partial charge on any atom is -0.507 e. The first kappa shape index (κ1) is 23.8. The number of hydrogen-bond acceptors (Lipinski definition) is 5. The van der Waals surface area contributed by atoms with Crippen LogP contribution in [-0.2, 0) is 16.9 Å². The minimum absolute atomic E-state index is 0.165. The largest absolute Gasteiger partial charge is 0.573 e. The summed E-state index contributed by atoms with van der Waals surface area (Å²) in [5.41, 5.74) is 10.0. The lowest BCUT2D eigenvalue weighted by Gasteiger charge is -2.40. The van der Waals surface area contributed by atoms with Crippen molar-refractivity contribution in [3.8, 4) is 5.75 Å². The number of hydrogen-bond donors (Lipinski definition) is 2. The maximum atomic E-state index is 12.4. The van der Waals surface area contributed by atoms with Crippen LogP contribution in [0.15, 0.2) is 82.7 Å². The fraction of sp³-hybridized carbons (Fsp3) is 0.308. The Morgan fingerprint density at radius 1 is 1.17 bits per heavy atom. The zero-order valence-corrected chi connectivity index (χ0v) is 19.4. The molecule has 5 rings (SSSR count). The number of piperidine rings is 1. The van der Waals surface area contributed by atoms with Gasteiger partial charge in [0.25, 0.3) is 0 Å². The van der Waals surface area contributed by atoms with Crippen molar-refractivity contribution in [2.75, 3.05) is 13.1 Å². The molecule has 0 saturated carbocycles. The zero-order chi connectivity index (χ0) is 24.8. The number of fused-ring (bicyclic) bond motifs is 2. The van der Waals surface area contributed by atoms with Gasteiger partial charge in [-0.25, -0.2) is 0 Å². The summed E-state index contributed by atoms with van der Waals surface area (Å²) in [4.78, 5) is 2.26. The van der Waals surface area contributed by atoms with Gasteiger partial charge in [0.15, 0.2) is 0 Å². The molecule has 2 aromatic carbocycles. The van der Waals surface area contributed by atoms with Crippen LogP contribution < -0.4 is 10.5 Å². The van der Waals surface area contributed by atoms with E-state index >= 15 is 0 Å². The van der Waals surface area contributed by atoms with Crippen LogP contribution in [0.1, 0.15) is 35.6 Å². The fourth-order valence-electron chi connectivity index (χ4n) is 4.85. The van der Waals surface area contributed by atoms with Gasteiger partial charge in [0.1, 0.15) is 17.6 Å². The Morgan fingerprint density at radius 3 is 2.46 bits per heavy atom. The first-order valence-electron chi connectivity index (χ1n) is 11.3. The van der Waals surface area contributed by atoms with E-state index in [-0.39, 0.29) is 11.5 Å². The summed E-state index contributed by atoms with van der Waals surface area (Å²) in [5, 5.41) is 9.86. The molecular formula is C26H24ClF3N2O3. The van der Waals surface area contributed by atoms with Crippen molar-refractivity contribution in [2.24, 2.45) is 5.73 Å². The highest BCUT2D eigenvalue weighted by atomic mass is 35.5. The molecule has 9 heteroatoms. The number of allylic oxidation sites excluding steroid dienone is 4. The molecule has 3 aliphatic rings. The maximum Gasteiger partial charge on any atom is 0.573 e. The van der Waals surface area contributed by atoms with Crippen LogP contribution in [0.4, 0.5) is 13.2 Å². The lowest BCUT2D eigenvalue weighted by molar-refractivity contribution is -0.274. The number of likely N-dealkylation sites (tertiary alicyclic amines) is 1. The molecule has 5 nitrogen and oxygen atoms in total. The number of nitrogens with zero attached hydrogens (tertiary/aromatic N) is 1. The van der Waals surface area contributed by atoms with Crippen molar-refractivity contribution in [2.45, 2.75) is 37.5 Å². The Morgan fingerprint density at radius 2 is 1.83 bits per heavy atom. The molecule has 0 radical (unpaired) electrons. The van der Waals surface area contributed by atoms with Gasteiger partial charge in [-0.3, -0.25) is 4.90 Å². The van der Waals surface area contributed by atoms with Gasteiger partial charge in [0, 0.05) is 30.9 Å². The first-order chi connectivity index (χ1) is 16.6. The van der Waals surface area contributed by atoms with Crippen LogP contribution in [0.3, 0.4) is 0 Å². The van der Waals surface area contributed by atoms with Crippen molar-refractivity contribution in [1.82, 2.24) is 4.90 Å². The number of ether oxygens (including phenoxy) is 2. The quantitative estimate of drug-likeness (QED) is 0.527. The summed E-state index contributed by atoms with van der Waals surface area (Å²) in [6.07, 6.45) is -0.424. The van der Waals surface area contributed by atoms with Crippen LogP contribution in [0.5, 0.6) is 5.75 Å². The molecule has 1 saturated heterocycles. The molecule has 1 unspecified atom stereocenters. The van der Waals surface area contributed by atoms with Crippen LogP contribution in [0.25, 0.3) is 0 Å². The van der Waals surface area contributed by atoms with E-state index in [0.29, 0.717) is 22.8 Å². The number of halogens is 4. The van der Waals surface area contributed by atoms with E-state index in [2.05, 4.69) is 15.7 Å². The lowest BCUT2D eigenvalue weighted by atomic mass is 9.83. The molecule has 2 heterocycles. The summed E-state index contributed by atoms with van der Waals surface area (Å²) in [5.74, 6) is -0.0620. The molecule has 1 aliphatic carbocycles. The smallest absolute Gasteiger partial charge is 0.507 e. The van der Waals surface area contributed by atoms with Crippen molar-refractivity contribution in [3.63, 3.8) is 0 Å². The van der Waals surface area contributed by atoms with Crippen molar-refractivity contribution >= 4 is 11.6 Å². The Balaban J connectivity index is 1.26. The van der Waals surface area contributed by atoms with Gasteiger partial charge in [-0.15, -0.1) is 13.2 Å². The van der Waals surface area contributed by atoms with E-state index in [1.165, 1.54) is 12.1 Å². The molecule has 1 fully saturated rings. The minimum atomic E-state index is -4.70. The predicted octanol–water partition coefficient (Wildman–Crippen LogP) is 5.94. The monoisotopic (exact) mass is 504 g/mol. The van der Waals surface area contributed by atoms with E-state index in [1.807, 2.05) is 18.2 Å². The molecule has 2 aliphatic heterocycles. The molecule has 1 atom stereocenters. The number of rotatable bonds is 5. The van der Waals surface area contributed by atoms with Crippen molar-refractivity contribution in [1.29, 1.82) is 0 Å². The van der Waals surface area contributed by atoms with Crippen molar-refractivity contribution < 1.29 is 27.8 Å². The summed E-state index contributed by atoms with van der Waals surface area (Å²) in [7, 11) is 0. The average molecular weight is 505 g/mol. The standard InChI is InChI=1S/C26H24ClF3N2O3/c27-21(19-13-23(19)33)14-22(31)24-18-3-1-2-4-20(18)25(35-24)9-11-32(12-10-25)15-16-5-7-17(8-6-16)34-26(28,29)30/h1-8,13-14,24,33H,9-12,15,31H2/b21-19+,22-14-. The van der Waals surface area contributed by atoms with Crippen LogP contribution >= 0.6 is 11.6 Å². The third-order valence-corrected chi connectivity index (χ3v) is 6.94. The summed E-state index contributed by atoms with van der Waals surface area (Å²) >= 11 is 6.27. The third kappa shape index (κ3) is 5.05. The van der Waals surface area contributed by atoms with Gasteiger partial charge < -0.3 is 20.3 Å². The van der Waals surface area contributed by atoms with Gasteiger partial charge in [0.05, 0.1) is 10.6 Å². The highest BCUT2D eigenvalue weighted by Gasteiger charge is 2.47. The number of benzene rings is 2. The molecule has 0 aromatic heterocycles. The predicted molar refractivity (Wildman–Crippen MR) is 125 cm³/mol. The number of aliphatic hydroxyl groups is 1. The average Bonchev–Trinajstić information content (AvgIpc) is 3.47. The SMILES string of the molecule is N/C(=C\C(Cl)=C1C=C\1O)C1OC2(CCN(Cc3ccc(OC(F)(F)F)cc3)CC2)c2ccccc21. The first-order valence-corrected chi connectivity index (χ1v) is 11.6. The number of alkyl halides is 3. The highest BCUT2D eigenvalue weighted by molar-refractivity contribution is 6.32. The van der Waals surface area contributed by atoms with E-state index in [4.69, 9.17) is 22.1 Å². The van der Waals surface area contributed by atoms with Gasteiger partial charge in [-0.2, -0.15) is 0 Å². The topological polar surface area (TPSA) is 68.0 Å². The molecule has 35 heavy (non-hydrogen) atoms. The molecule has 0 bridgehead atoms. The van der Waals surface area contributed by atoms with Crippen LogP contribution in [-0.4, -0.2) is 29.5 Å². The van der Waals surface area contributed by atoms with Crippen LogP contribution in [0, 0.1) is 0 Å². The van der Waals surface area contributed by atoms with Crippen LogP contribution in [0.2, 0.25) is 0 Å². The molecular weight excluding hydrogens is 481 g/mol. The Hall–Kier alpha value is -2.94. The number of aliphatic hydroxyl groups excluding tert-OH is 1. The van der Waals surface area contributed by atoms with Gasteiger partial charge in [-0.1, -0.05) is 48.0 Å². The zero-order valence-electron chi connectivity index (χ0n) is 18.7. The van der Waals surface area contributed by atoms with Gasteiger partial charge >= 0.3 is 6.36 Å². The molecule has 2 aromatic rings. The second-order valence-electron chi connectivity index (χ2n) is 8.98. The van der Waals surface area contributed by atoms with Gasteiger partial charge in [0.2, 0.25) is 0 Å².